The van der Waals surface area contributed by atoms with Crippen LogP contribution in [0.3, 0.4) is 0 Å². The fourth-order valence-electron chi connectivity index (χ4n) is 2.89. The van der Waals surface area contributed by atoms with Crippen molar-refractivity contribution >= 4 is 55.2 Å². The number of aryl methyl sites for hydroxylation is 1. The van der Waals surface area contributed by atoms with Gasteiger partial charge in [-0.15, -0.1) is 0 Å². The Morgan fingerprint density at radius 1 is 1.12 bits per heavy atom. The first-order chi connectivity index (χ1) is 11.6. The number of halogens is 3. The SMILES string of the molecule is Cc1ccc(S(=O)(=O)N2[C@@H](O)C(I)(I)C[C@H]2c2ccc(F)cc2)cc1. The zero-order valence-corrected chi connectivity index (χ0v) is 18.4. The molecule has 0 amide bonds. The van der Waals surface area contributed by atoms with E-state index in [4.69, 9.17) is 0 Å². The molecule has 0 radical (unpaired) electrons. The summed E-state index contributed by atoms with van der Waals surface area (Å²) < 4.78 is 40.1. The third-order valence-electron chi connectivity index (χ3n) is 4.24. The number of alkyl halides is 2. The summed E-state index contributed by atoms with van der Waals surface area (Å²) in [6, 6.07) is 11.7. The molecule has 25 heavy (non-hydrogen) atoms. The standard InChI is InChI=1S/C17H16FI2NO3S/c1-11-2-8-14(9-3-11)25(23,24)21-15(10-17(19,20)16(21)22)12-4-6-13(18)7-5-12/h2-9,15-16,22H,10H2,1H3/t15-,16-/m0/s1. The highest BCUT2D eigenvalue weighted by atomic mass is 127. The largest absolute Gasteiger partial charge is 0.375 e. The predicted molar refractivity (Wildman–Crippen MR) is 111 cm³/mol. The minimum atomic E-state index is -3.90. The van der Waals surface area contributed by atoms with Crippen molar-refractivity contribution in [3.63, 3.8) is 0 Å². The van der Waals surface area contributed by atoms with Gasteiger partial charge in [-0.05, 0) is 43.2 Å². The van der Waals surface area contributed by atoms with Crippen LogP contribution < -0.4 is 0 Å². The van der Waals surface area contributed by atoms with Gasteiger partial charge in [-0.2, -0.15) is 4.31 Å². The molecule has 1 N–H and O–H groups in total. The summed E-state index contributed by atoms with van der Waals surface area (Å²) in [6.07, 6.45) is -0.763. The lowest BCUT2D eigenvalue weighted by Gasteiger charge is -2.28. The van der Waals surface area contributed by atoms with Crippen LogP contribution in [0.4, 0.5) is 4.39 Å². The quantitative estimate of drug-likeness (QED) is 0.434. The second kappa shape index (κ2) is 7.02. The zero-order valence-electron chi connectivity index (χ0n) is 13.2. The van der Waals surface area contributed by atoms with Gasteiger partial charge >= 0.3 is 0 Å². The number of hydrogen-bond donors (Lipinski definition) is 1. The maximum absolute atomic E-state index is 13.3. The Bertz CT molecular complexity index is 870. The van der Waals surface area contributed by atoms with E-state index in [0.717, 1.165) is 9.87 Å². The second-order valence-electron chi connectivity index (χ2n) is 6.05. The molecule has 0 bridgehead atoms. The first kappa shape index (κ1) is 19.5. The minimum Gasteiger partial charge on any atom is -0.375 e. The number of aliphatic hydroxyl groups excluding tert-OH is 1. The highest BCUT2D eigenvalue weighted by Crippen LogP contribution is 2.52. The predicted octanol–water partition coefficient (Wildman–Crippen LogP) is 4.15. The Balaban J connectivity index is 2.09. The van der Waals surface area contributed by atoms with Gasteiger partial charge in [0.15, 0.2) is 0 Å². The molecule has 1 fully saturated rings. The number of sulfonamides is 1. The van der Waals surface area contributed by atoms with Gasteiger partial charge in [0.25, 0.3) is 0 Å². The average molecular weight is 587 g/mol. The Hall–Kier alpha value is -0.300. The number of rotatable bonds is 3. The molecule has 8 heteroatoms. The number of aliphatic hydroxyl groups is 1. The van der Waals surface area contributed by atoms with Crippen LogP contribution >= 0.6 is 45.2 Å². The minimum absolute atomic E-state index is 0.134. The van der Waals surface area contributed by atoms with Gasteiger partial charge in [0.2, 0.25) is 10.0 Å². The highest BCUT2D eigenvalue weighted by molar-refractivity contribution is 14.2. The summed E-state index contributed by atoms with van der Waals surface area (Å²) in [7, 11) is -3.90. The summed E-state index contributed by atoms with van der Waals surface area (Å²) in [6.45, 7) is 1.88. The lowest BCUT2D eigenvalue weighted by Crippen LogP contribution is -2.41. The summed E-state index contributed by atoms with van der Waals surface area (Å²) >= 11 is 4.15. The highest BCUT2D eigenvalue weighted by Gasteiger charge is 2.54. The molecule has 0 unspecified atom stereocenters. The fourth-order valence-corrected chi connectivity index (χ4v) is 6.40. The average Bonchev–Trinajstić information content (AvgIpc) is 2.79. The molecule has 134 valence electrons. The van der Waals surface area contributed by atoms with Crippen molar-refractivity contribution in [2.24, 2.45) is 0 Å². The van der Waals surface area contributed by atoms with Crippen molar-refractivity contribution in [3.05, 3.63) is 65.5 Å². The summed E-state index contributed by atoms with van der Waals surface area (Å²) in [5.74, 6) is -0.384. The molecule has 1 heterocycles. The van der Waals surface area contributed by atoms with Crippen molar-refractivity contribution in [1.29, 1.82) is 0 Å². The van der Waals surface area contributed by atoms with Crippen LogP contribution in [0, 0.1) is 12.7 Å². The van der Waals surface area contributed by atoms with E-state index < -0.39 is 23.7 Å². The van der Waals surface area contributed by atoms with E-state index in [-0.39, 0.29) is 10.7 Å². The van der Waals surface area contributed by atoms with E-state index in [0.29, 0.717) is 12.0 Å². The van der Waals surface area contributed by atoms with E-state index >= 15 is 0 Å². The van der Waals surface area contributed by atoms with Crippen LogP contribution in [0.1, 0.15) is 23.6 Å². The van der Waals surface area contributed by atoms with Crippen LogP contribution in [0.15, 0.2) is 53.4 Å². The maximum Gasteiger partial charge on any atom is 0.245 e. The van der Waals surface area contributed by atoms with Crippen molar-refractivity contribution in [2.75, 3.05) is 0 Å². The second-order valence-corrected chi connectivity index (χ2v) is 13.8. The van der Waals surface area contributed by atoms with Crippen molar-refractivity contribution in [1.82, 2.24) is 4.31 Å². The normalized spacial score (nSPS) is 23.7. The molecule has 0 spiro atoms. The molecule has 1 aliphatic rings. The topological polar surface area (TPSA) is 57.6 Å². The van der Waals surface area contributed by atoms with Crippen LogP contribution in [-0.4, -0.2) is 25.5 Å². The number of hydrogen-bond acceptors (Lipinski definition) is 3. The zero-order chi connectivity index (χ0) is 18.4. The van der Waals surface area contributed by atoms with Crippen molar-refractivity contribution in [2.45, 2.75) is 31.9 Å². The van der Waals surface area contributed by atoms with E-state index in [9.17, 15) is 17.9 Å². The van der Waals surface area contributed by atoms with E-state index in [1.54, 1.807) is 36.4 Å². The summed E-state index contributed by atoms with van der Waals surface area (Å²) in [4.78, 5) is 0.134. The molecule has 0 aliphatic carbocycles. The lowest BCUT2D eigenvalue weighted by molar-refractivity contribution is 0.0832. The van der Waals surface area contributed by atoms with Crippen molar-refractivity contribution < 1.29 is 17.9 Å². The molecule has 4 nitrogen and oxygen atoms in total. The molecule has 3 rings (SSSR count). The third kappa shape index (κ3) is 3.73. The third-order valence-corrected chi connectivity index (χ3v) is 8.11. The monoisotopic (exact) mass is 587 g/mol. The number of nitrogens with zero attached hydrogens (tertiary/aromatic N) is 1. The van der Waals surface area contributed by atoms with E-state index in [2.05, 4.69) is 45.2 Å². The molecule has 0 aromatic heterocycles. The summed E-state index contributed by atoms with van der Waals surface area (Å²) in [5.41, 5.74) is 1.61. The molecule has 2 atom stereocenters. The van der Waals surface area contributed by atoms with Crippen LogP contribution in [-0.2, 0) is 10.0 Å². The fraction of sp³-hybridized carbons (Fsp3) is 0.294. The van der Waals surface area contributed by atoms with Crippen LogP contribution in [0.5, 0.6) is 0 Å². The van der Waals surface area contributed by atoms with Gasteiger partial charge in [0.05, 0.1) is 10.9 Å². The molecule has 0 saturated carbocycles. The molecule has 2 aromatic rings. The van der Waals surface area contributed by atoms with Gasteiger partial charge in [0, 0.05) is 0 Å². The Morgan fingerprint density at radius 2 is 1.68 bits per heavy atom. The molecule has 2 aromatic carbocycles. The first-order valence-corrected chi connectivity index (χ1v) is 11.1. The Labute approximate surface area is 173 Å². The van der Waals surface area contributed by atoms with E-state index in [1.165, 1.54) is 12.1 Å². The van der Waals surface area contributed by atoms with Gasteiger partial charge < -0.3 is 5.11 Å². The van der Waals surface area contributed by atoms with Gasteiger partial charge in [-0.25, -0.2) is 12.8 Å². The van der Waals surface area contributed by atoms with Gasteiger partial charge in [-0.3, -0.25) is 0 Å². The molecule has 1 aliphatic heterocycles. The maximum atomic E-state index is 13.3. The molecular formula is C17H16FI2NO3S. The van der Waals surface area contributed by atoms with E-state index in [1.807, 2.05) is 6.92 Å². The van der Waals surface area contributed by atoms with Crippen LogP contribution in [0.2, 0.25) is 0 Å². The number of benzene rings is 2. The first-order valence-electron chi connectivity index (χ1n) is 7.54. The molecular weight excluding hydrogens is 571 g/mol. The Morgan fingerprint density at radius 3 is 2.24 bits per heavy atom. The van der Waals surface area contributed by atoms with Gasteiger partial charge in [0.1, 0.15) is 13.5 Å². The van der Waals surface area contributed by atoms with Crippen molar-refractivity contribution in [3.8, 4) is 0 Å². The van der Waals surface area contributed by atoms with Crippen LogP contribution in [0.25, 0.3) is 0 Å². The lowest BCUT2D eigenvalue weighted by atomic mass is 10.1. The smallest absolute Gasteiger partial charge is 0.245 e. The van der Waals surface area contributed by atoms with Gasteiger partial charge in [-0.1, -0.05) is 75.0 Å². The molecule has 1 saturated heterocycles. The Kier molecular flexibility index (Phi) is 5.47. The summed E-state index contributed by atoms with van der Waals surface area (Å²) in [5, 5.41) is 10.7.